The zero-order chi connectivity index (χ0) is 13.1. The fourth-order valence-electron chi connectivity index (χ4n) is 1.35. The number of hydrogen-bond acceptors (Lipinski definition) is 2. The molecular formula is C11H8BrF2N3O. The number of nitrogens with one attached hydrogen (secondary N) is 1. The van der Waals surface area contributed by atoms with E-state index in [1.165, 1.54) is 10.9 Å². The largest absolute Gasteiger partial charge is 0.322 e. The van der Waals surface area contributed by atoms with E-state index < -0.39 is 17.5 Å². The van der Waals surface area contributed by atoms with Crippen LogP contribution in [-0.2, 0) is 11.3 Å². The molecule has 0 saturated carbocycles. The van der Waals surface area contributed by atoms with Gasteiger partial charge in [0.25, 0.3) is 0 Å². The highest BCUT2D eigenvalue weighted by molar-refractivity contribution is 9.10. The number of carbonyl (C=O) groups is 1. The quantitative estimate of drug-likeness (QED) is 0.885. The molecular weight excluding hydrogens is 308 g/mol. The van der Waals surface area contributed by atoms with E-state index in [1.807, 2.05) is 0 Å². The average molecular weight is 316 g/mol. The lowest BCUT2D eigenvalue weighted by Crippen LogP contribution is -2.19. The normalized spacial score (nSPS) is 10.4. The third-order valence-corrected chi connectivity index (χ3v) is 2.76. The van der Waals surface area contributed by atoms with Gasteiger partial charge in [0.1, 0.15) is 18.2 Å². The van der Waals surface area contributed by atoms with Gasteiger partial charge in [0.2, 0.25) is 5.91 Å². The molecule has 0 spiro atoms. The Hall–Kier alpha value is -1.76. The molecule has 1 aromatic carbocycles. The first kappa shape index (κ1) is 12.7. The Balaban J connectivity index is 2.09. The maximum absolute atomic E-state index is 13.4. The average Bonchev–Trinajstić information content (AvgIpc) is 2.78. The minimum atomic E-state index is -0.711. The highest BCUT2D eigenvalue weighted by Gasteiger charge is 2.11. The maximum Gasteiger partial charge on any atom is 0.246 e. The van der Waals surface area contributed by atoms with Crippen molar-refractivity contribution in [2.75, 3.05) is 5.32 Å². The van der Waals surface area contributed by atoms with Crippen molar-refractivity contribution in [2.24, 2.45) is 0 Å². The summed E-state index contributed by atoms with van der Waals surface area (Å²) in [5.74, 6) is -1.85. The Labute approximate surface area is 110 Å². The third-order valence-electron chi connectivity index (χ3n) is 2.15. The standard InChI is InChI=1S/C11H8BrF2N3O/c12-7-4-9(14)10(5-8(7)13)16-11(18)6-17-3-1-2-15-17/h1-5H,6H2,(H,16,18). The van der Waals surface area contributed by atoms with Gasteiger partial charge in [0.05, 0.1) is 10.2 Å². The van der Waals surface area contributed by atoms with Gasteiger partial charge in [-0.3, -0.25) is 9.48 Å². The van der Waals surface area contributed by atoms with Crippen molar-refractivity contribution in [3.05, 3.63) is 46.7 Å². The van der Waals surface area contributed by atoms with Gasteiger partial charge in [-0.25, -0.2) is 8.78 Å². The van der Waals surface area contributed by atoms with Crippen molar-refractivity contribution in [1.29, 1.82) is 0 Å². The molecule has 1 heterocycles. The van der Waals surface area contributed by atoms with Crippen molar-refractivity contribution in [1.82, 2.24) is 9.78 Å². The number of halogens is 3. The maximum atomic E-state index is 13.4. The van der Waals surface area contributed by atoms with Crippen LogP contribution in [0.1, 0.15) is 0 Å². The van der Waals surface area contributed by atoms with Crippen LogP contribution < -0.4 is 5.32 Å². The van der Waals surface area contributed by atoms with Crippen molar-refractivity contribution in [2.45, 2.75) is 6.54 Å². The number of benzene rings is 1. The lowest BCUT2D eigenvalue weighted by atomic mass is 10.3. The van der Waals surface area contributed by atoms with E-state index in [2.05, 4.69) is 26.3 Å². The van der Waals surface area contributed by atoms with E-state index in [9.17, 15) is 13.6 Å². The molecule has 0 unspecified atom stereocenters. The van der Waals surface area contributed by atoms with Crippen LogP contribution in [0.5, 0.6) is 0 Å². The molecule has 4 nitrogen and oxygen atoms in total. The Morgan fingerprint density at radius 1 is 1.39 bits per heavy atom. The first-order valence-electron chi connectivity index (χ1n) is 4.98. The summed E-state index contributed by atoms with van der Waals surface area (Å²) in [5, 5.41) is 6.11. The van der Waals surface area contributed by atoms with Crippen LogP contribution in [0.2, 0.25) is 0 Å². The predicted molar refractivity (Wildman–Crippen MR) is 64.9 cm³/mol. The van der Waals surface area contributed by atoms with E-state index in [0.29, 0.717) is 0 Å². The molecule has 94 valence electrons. The SMILES string of the molecule is O=C(Cn1cccn1)Nc1cc(F)c(Br)cc1F. The molecule has 18 heavy (non-hydrogen) atoms. The smallest absolute Gasteiger partial charge is 0.246 e. The molecule has 0 fully saturated rings. The second-order valence-electron chi connectivity index (χ2n) is 3.50. The van der Waals surface area contributed by atoms with Crippen LogP contribution in [-0.4, -0.2) is 15.7 Å². The van der Waals surface area contributed by atoms with Gasteiger partial charge in [-0.05, 0) is 28.1 Å². The number of carbonyl (C=O) groups excluding carboxylic acids is 1. The lowest BCUT2D eigenvalue weighted by Gasteiger charge is -2.07. The summed E-state index contributed by atoms with van der Waals surface area (Å²) in [7, 11) is 0. The zero-order valence-corrected chi connectivity index (χ0v) is 10.6. The zero-order valence-electron chi connectivity index (χ0n) is 9.03. The fraction of sp³-hybridized carbons (Fsp3) is 0.0909. The molecule has 0 aliphatic heterocycles. The van der Waals surface area contributed by atoms with E-state index in [4.69, 9.17) is 0 Å². The highest BCUT2D eigenvalue weighted by Crippen LogP contribution is 2.23. The van der Waals surface area contributed by atoms with Crippen LogP contribution in [0.4, 0.5) is 14.5 Å². The Kier molecular flexibility index (Phi) is 3.71. The topological polar surface area (TPSA) is 46.9 Å². The second-order valence-corrected chi connectivity index (χ2v) is 4.35. The molecule has 0 aliphatic rings. The molecule has 0 atom stereocenters. The second kappa shape index (κ2) is 5.26. The van der Waals surface area contributed by atoms with Crippen molar-refractivity contribution in [3.8, 4) is 0 Å². The molecule has 0 saturated heterocycles. The predicted octanol–water partition coefficient (Wildman–Crippen LogP) is 2.56. The summed E-state index contributed by atoms with van der Waals surface area (Å²) in [5.41, 5.74) is -0.201. The van der Waals surface area contributed by atoms with Crippen LogP contribution in [0.15, 0.2) is 35.1 Å². The first-order valence-corrected chi connectivity index (χ1v) is 5.77. The molecule has 2 rings (SSSR count). The van der Waals surface area contributed by atoms with Crippen LogP contribution >= 0.6 is 15.9 Å². The molecule has 7 heteroatoms. The Morgan fingerprint density at radius 3 is 2.83 bits per heavy atom. The van der Waals surface area contributed by atoms with E-state index >= 15 is 0 Å². The minimum absolute atomic E-state index is 0.00470. The minimum Gasteiger partial charge on any atom is -0.322 e. The first-order chi connectivity index (χ1) is 8.56. The number of nitrogens with zero attached hydrogens (tertiary/aromatic N) is 2. The molecule has 1 N–H and O–H groups in total. The molecule has 0 radical (unpaired) electrons. The summed E-state index contributed by atoms with van der Waals surface area (Å²) in [6.07, 6.45) is 3.12. The molecule has 1 aromatic heterocycles. The van der Waals surface area contributed by atoms with Gasteiger partial charge in [-0.1, -0.05) is 0 Å². The fourth-order valence-corrected chi connectivity index (χ4v) is 1.66. The summed E-state index contributed by atoms with van der Waals surface area (Å²) < 4.78 is 28.0. The van der Waals surface area contributed by atoms with Crippen LogP contribution in [0, 0.1) is 11.6 Å². The summed E-state index contributed by atoms with van der Waals surface area (Å²) >= 11 is 2.85. The van der Waals surface area contributed by atoms with Gasteiger partial charge >= 0.3 is 0 Å². The monoisotopic (exact) mass is 315 g/mol. The Bertz CT molecular complexity index is 572. The van der Waals surface area contributed by atoms with Gasteiger partial charge in [0.15, 0.2) is 0 Å². The number of hydrogen-bond donors (Lipinski definition) is 1. The van der Waals surface area contributed by atoms with Gasteiger partial charge in [-0.2, -0.15) is 5.10 Å². The number of aromatic nitrogens is 2. The van der Waals surface area contributed by atoms with E-state index in [0.717, 1.165) is 12.1 Å². The molecule has 0 bridgehead atoms. The summed E-state index contributed by atoms with van der Waals surface area (Å²) in [6, 6.07) is 3.53. The summed E-state index contributed by atoms with van der Waals surface area (Å²) in [6.45, 7) is -0.0654. The molecule has 1 amide bonds. The van der Waals surface area contributed by atoms with Crippen LogP contribution in [0.25, 0.3) is 0 Å². The number of amides is 1. The van der Waals surface area contributed by atoms with Crippen molar-refractivity contribution < 1.29 is 13.6 Å². The van der Waals surface area contributed by atoms with Crippen molar-refractivity contribution >= 4 is 27.5 Å². The van der Waals surface area contributed by atoms with Crippen molar-refractivity contribution in [3.63, 3.8) is 0 Å². The molecule has 0 aliphatic carbocycles. The lowest BCUT2D eigenvalue weighted by molar-refractivity contribution is -0.116. The van der Waals surface area contributed by atoms with E-state index in [-0.39, 0.29) is 16.7 Å². The van der Waals surface area contributed by atoms with Gasteiger partial charge < -0.3 is 5.32 Å². The highest BCUT2D eigenvalue weighted by atomic mass is 79.9. The van der Waals surface area contributed by atoms with E-state index in [1.54, 1.807) is 12.3 Å². The number of rotatable bonds is 3. The number of anilines is 1. The summed E-state index contributed by atoms with van der Waals surface area (Å²) in [4.78, 5) is 11.6. The van der Waals surface area contributed by atoms with Gasteiger partial charge in [0, 0.05) is 18.5 Å². The van der Waals surface area contributed by atoms with Crippen LogP contribution in [0.3, 0.4) is 0 Å². The molecule has 2 aromatic rings. The third kappa shape index (κ3) is 2.92. The Morgan fingerprint density at radius 2 is 2.17 bits per heavy atom. The van der Waals surface area contributed by atoms with Gasteiger partial charge in [-0.15, -0.1) is 0 Å².